The van der Waals surface area contributed by atoms with E-state index in [0.717, 1.165) is 66.7 Å². The topological polar surface area (TPSA) is 71.0 Å². The van der Waals surface area contributed by atoms with E-state index >= 15 is 0 Å². The highest BCUT2D eigenvalue weighted by Crippen LogP contribution is 2.27. The molecular formula is C21H30N4O3. The van der Waals surface area contributed by atoms with Crippen LogP contribution in [0.2, 0.25) is 0 Å². The Kier molecular flexibility index (Phi) is 6.70. The first-order chi connectivity index (χ1) is 13.5. The minimum atomic E-state index is 0.165. The molecule has 0 amide bonds. The van der Waals surface area contributed by atoms with Crippen molar-refractivity contribution in [3.8, 4) is 11.5 Å². The first-order valence-electron chi connectivity index (χ1n) is 9.65. The molecule has 3 rings (SSSR count). The highest BCUT2D eigenvalue weighted by atomic mass is 16.5. The molecule has 1 atom stereocenters. The number of hydrogen-bond donors (Lipinski definition) is 1. The van der Waals surface area contributed by atoms with Crippen LogP contribution in [0.3, 0.4) is 0 Å². The molecule has 0 radical (unpaired) electrons. The summed E-state index contributed by atoms with van der Waals surface area (Å²) in [6.45, 7) is 7.65. The standard InChI is InChI=1S/C21H30N4O3/c1-15-16(2)22-14-23-21(15)25-7-6-24(18(13-25)5-8-26)12-17-9-19(27-3)11-20(10-17)28-4/h9-11,14,18,26H,5-8,12-13H2,1-4H3/t18-/m1/s1. The fourth-order valence-electron chi connectivity index (χ4n) is 3.75. The molecule has 2 heterocycles. The zero-order valence-corrected chi connectivity index (χ0v) is 17.2. The summed E-state index contributed by atoms with van der Waals surface area (Å²) in [6.07, 6.45) is 2.36. The Morgan fingerprint density at radius 1 is 1.07 bits per heavy atom. The molecule has 2 aromatic rings. The van der Waals surface area contributed by atoms with Gasteiger partial charge in [-0.05, 0) is 38.0 Å². The third-order valence-corrected chi connectivity index (χ3v) is 5.47. The summed E-state index contributed by atoms with van der Waals surface area (Å²) in [7, 11) is 3.33. The van der Waals surface area contributed by atoms with E-state index in [1.54, 1.807) is 20.5 Å². The van der Waals surface area contributed by atoms with Gasteiger partial charge in [-0.15, -0.1) is 0 Å². The van der Waals surface area contributed by atoms with Crippen molar-refractivity contribution in [3.63, 3.8) is 0 Å². The van der Waals surface area contributed by atoms with E-state index < -0.39 is 0 Å². The Morgan fingerprint density at radius 3 is 2.43 bits per heavy atom. The minimum Gasteiger partial charge on any atom is -0.497 e. The van der Waals surface area contributed by atoms with Crippen molar-refractivity contribution in [2.24, 2.45) is 0 Å². The van der Waals surface area contributed by atoms with Gasteiger partial charge in [-0.2, -0.15) is 0 Å². The van der Waals surface area contributed by atoms with Gasteiger partial charge >= 0.3 is 0 Å². The van der Waals surface area contributed by atoms with E-state index in [4.69, 9.17) is 9.47 Å². The quantitative estimate of drug-likeness (QED) is 0.782. The summed E-state index contributed by atoms with van der Waals surface area (Å²) in [5.74, 6) is 2.58. The molecule has 1 aromatic heterocycles. The number of hydrogen-bond acceptors (Lipinski definition) is 7. The fraction of sp³-hybridized carbons (Fsp3) is 0.524. The first-order valence-corrected chi connectivity index (χ1v) is 9.65. The van der Waals surface area contributed by atoms with Gasteiger partial charge < -0.3 is 19.5 Å². The van der Waals surface area contributed by atoms with Crippen molar-refractivity contribution in [3.05, 3.63) is 41.3 Å². The number of anilines is 1. The van der Waals surface area contributed by atoms with Crippen LogP contribution >= 0.6 is 0 Å². The summed E-state index contributed by atoms with van der Waals surface area (Å²) in [5.41, 5.74) is 3.27. The number of nitrogens with zero attached hydrogens (tertiary/aromatic N) is 4. The molecule has 152 valence electrons. The Balaban J connectivity index is 1.77. The molecule has 0 aliphatic carbocycles. The van der Waals surface area contributed by atoms with Gasteiger partial charge in [0.15, 0.2) is 0 Å². The largest absolute Gasteiger partial charge is 0.497 e. The second-order valence-electron chi connectivity index (χ2n) is 7.21. The predicted octanol–water partition coefficient (Wildman–Crippen LogP) is 2.18. The number of aryl methyl sites for hydroxylation is 1. The molecule has 1 N–H and O–H groups in total. The fourth-order valence-corrected chi connectivity index (χ4v) is 3.75. The van der Waals surface area contributed by atoms with Crippen molar-refractivity contribution in [1.82, 2.24) is 14.9 Å². The summed E-state index contributed by atoms with van der Waals surface area (Å²) in [5, 5.41) is 9.61. The third kappa shape index (κ3) is 4.54. The number of methoxy groups -OCH3 is 2. The summed E-state index contributed by atoms with van der Waals surface area (Å²) in [4.78, 5) is 13.5. The second-order valence-corrected chi connectivity index (χ2v) is 7.21. The maximum Gasteiger partial charge on any atom is 0.135 e. The van der Waals surface area contributed by atoms with Crippen LogP contribution in [0.25, 0.3) is 0 Å². The molecule has 1 aliphatic heterocycles. The SMILES string of the molecule is COc1cc(CN2CCN(c3ncnc(C)c3C)C[C@H]2CCO)cc(OC)c1. The number of piperazine rings is 1. The number of benzene rings is 1. The zero-order chi connectivity index (χ0) is 20.1. The van der Waals surface area contributed by atoms with Gasteiger partial charge in [0.2, 0.25) is 0 Å². The van der Waals surface area contributed by atoms with Gasteiger partial charge in [-0.25, -0.2) is 9.97 Å². The molecule has 0 spiro atoms. The van der Waals surface area contributed by atoms with Crippen molar-refractivity contribution in [2.45, 2.75) is 32.9 Å². The van der Waals surface area contributed by atoms with Crippen LogP contribution in [0, 0.1) is 13.8 Å². The van der Waals surface area contributed by atoms with E-state index in [-0.39, 0.29) is 12.6 Å². The molecular weight excluding hydrogens is 356 g/mol. The van der Waals surface area contributed by atoms with E-state index in [0.29, 0.717) is 0 Å². The van der Waals surface area contributed by atoms with Gasteiger partial charge in [-0.1, -0.05) is 0 Å². The average Bonchev–Trinajstić information content (AvgIpc) is 2.71. The molecule has 1 aliphatic rings. The average molecular weight is 386 g/mol. The molecule has 7 heteroatoms. The van der Waals surface area contributed by atoms with Crippen LogP contribution in [0.5, 0.6) is 11.5 Å². The Bertz CT molecular complexity index is 777. The van der Waals surface area contributed by atoms with Crippen LogP contribution in [0.1, 0.15) is 23.2 Å². The van der Waals surface area contributed by atoms with E-state index in [1.807, 2.05) is 25.1 Å². The van der Waals surface area contributed by atoms with E-state index in [9.17, 15) is 5.11 Å². The van der Waals surface area contributed by atoms with Gasteiger partial charge in [0.1, 0.15) is 23.6 Å². The van der Waals surface area contributed by atoms with Crippen LogP contribution < -0.4 is 14.4 Å². The maximum absolute atomic E-state index is 9.61. The molecule has 1 saturated heterocycles. The molecule has 28 heavy (non-hydrogen) atoms. The third-order valence-electron chi connectivity index (χ3n) is 5.47. The van der Waals surface area contributed by atoms with Crippen LogP contribution in [0.4, 0.5) is 5.82 Å². The van der Waals surface area contributed by atoms with Gasteiger partial charge in [0.25, 0.3) is 0 Å². The molecule has 7 nitrogen and oxygen atoms in total. The van der Waals surface area contributed by atoms with Crippen molar-refractivity contribution in [2.75, 3.05) is 45.4 Å². The molecule has 1 fully saturated rings. The number of rotatable bonds is 7. The first kappa shape index (κ1) is 20.4. The smallest absolute Gasteiger partial charge is 0.135 e. The van der Waals surface area contributed by atoms with Gasteiger partial charge in [0, 0.05) is 56.2 Å². The summed E-state index contributed by atoms with van der Waals surface area (Å²) >= 11 is 0. The van der Waals surface area contributed by atoms with E-state index in [2.05, 4.69) is 26.7 Å². The lowest BCUT2D eigenvalue weighted by Gasteiger charge is -2.42. The second kappa shape index (κ2) is 9.21. The highest BCUT2D eigenvalue weighted by Gasteiger charge is 2.28. The number of aliphatic hydroxyl groups is 1. The lowest BCUT2D eigenvalue weighted by atomic mass is 10.1. The lowest BCUT2D eigenvalue weighted by molar-refractivity contribution is 0.135. The predicted molar refractivity (Wildman–Crippen MR) is 109 cm³/mol. The van der Waals surface area contributed by atoms with Crippen LogP contribution in [0.15, 0.2) is 24.5 Å². The minimum absolute atomic E-state index is 0.165. The lowest BCUT2D eigenvalue weighted by Crippen LogP contribution is -2.53. The summed E-state index contributed by atoms with van der Waals surface area (Å²) in [6, 6.07) is 6.21. The number of ether oxygens (including phenoxy) is 2. The monoisotopic (exact) mass is 386 g/mol. The Hall–Kier alpha value is -2.38. The Morgan fingerprint density at radius 2 is 1.79 bits per heavy atom. The number of aromatic nitrogens is 2. The van der Waals surface area contributed by atoms with Crippen LogP contribution in [-0.4, -0.2) is 66.5 Å². The molecule has 0 bridgehead atoms. The maximum atomic E-state index is 9.61. The zero-order valence-electron chi connectivity index (χ0n) is 17.2. The van der Waals surface area contributed by atoms with Crippen molar-refractivity contribution < 1.29 is 14.6 Å². The van der Waals surface area contributed by atoms with Gasteiger partial charge in [-0.3, -0.25) is 4.90 Å². The van der Waals surface area contributed by atoms with Crippen molar-refractivity contribution >= 4 is 5.82 Å². The number of aliphatic hydroxyl groups excluding tert-OH is 1. The van der Waals surface area contributed by atoms with Crippen molar-refractivity contribution in [1.29, 1.82) is 0 Å². The normalized spacial score (nSPS) is 17.6. The van der Waals surface area contributed by atoms with E-state index in [1.165, 1.54) is 0 Å². The molecule has 0 unspecified atom stereocenters. The highest BCUT2D eigenvalue weighted by molar-refractivity contribution is 5.48. The Labute approximate surface area is 166 Å². The molecule has 0 saturated carbocycles. The van der Waals surface area contributed by atoms with Gasteiger partial charge in [0.05, 0.1) is 14.2 Å². The summed E-state index contributed by atoms with van der Waals surface area (Å²) < 4.78 is 10.8. The van der Waals surface area contributed by atoms with Crippen LogP contribution in [-0.2, 0) is 6.54 Å². The molecule has 1 aromatic carbocycles.